The summed E-state index contributed by atoms with van der Waals surface area (Å²) in [6.07, 6.45) is 0. The summed E-state index contributed by atoms with van der Waals surface area (Å²) in [6.45, 7) is 0.0178. The van der Waals surface area contributed by atoms with Crippen molar-refractivity contribution in [2.45, 2.75) is 0 Å². The van der Waals surface area contributed by atoms with E-state index in [1.807, 2.05) is 0 Å². The lowest BCUT2D eigenvalue weighted by Crippen LogP contribution is -2.17. The maximum absolute atomic E-state index is 10.9. The standard InChI is InChI=1S/C5H6BrN3O2S/c1-11-2-3(10)7-5-4(6)8-12-9-5/h2H2,1H3,(H,7,9,10). The van der Waals surface area contributed by atoms with Gasteiger partial charge >= 0.3 is 0 Å². The van der Waals surface area contributed by atoms with Gasteiger partial charge in [0.1, 0.15) is 6.61 Å². The molecular formula is C5H6BrN3O2S. The first-order valence-electron chi connectivity index (χ1n) is 3.01. The molecule has 1 N–H and O–H groups in total. The second-order valence-corrected chi connectivity index (χ2v) is 3.16. The van der Waals surface area contributed by atoms with Crippen molar-refractivity contribution in [1.82, 2.24) is 8.75 Å². The van der Waals surface area contributed by atoms with E-state index in [0.29, 0.717) is 10.4 Å². The molecule has 1 aromatic heterocycles. The summed E-state index contributed by atoms with van der Waals surface area (Å²) in [5.41, 5.74) is 0. The largest absolute Gasteiger partial charge is 0.375 e. The first-order chi connectivity index (χ1) is 5.74. The smallest absolute Gasteiger partial charge is 0.251 e. The van der Waals surface area contributed by atoms with Crippen LogP contribution < -0.4 is 5.32 Å². The summed E-state index contributed by atoms with van der Waals surface area (Å²) in [7, 11) is 1.45. The fraction of sp³-hybridized carbons (Fsp3) is 0.400. The van der Waals surface area contributed by atoms with Crippen molar-refractivity contribution in [1.29, 1.82) is 0 Å². The van der Waals surface area contributed by atoms with E-state index in [1.165, 1.54) is 7.11 Å². The topological polar surface area (TPSA) is 64.1 Å². The lowest BCUT2D eigenvalue weighted by Gasteiger charge is -1.98. The minimum absolute atomic E-state index is 0.0178. The first kappa shape index (κ1) is 9.56. The molecule has 0 atom stereocenters. The molecule has 0 bridgehead atoms. The van der Waals surface area contributed by atoms with Crippen LogP contribution in [0.15, 0.2) is 4.60 Å². The third-order valence-corrected chi connectivity index (χ3v) is 2.30. The lowest BCUT2D eigenvalue weighted by atomic mass is 10.6. The van der Waals surface area contributed by atoms with Crippen molar-refractivity contribution >= 4 is 39.4 Å². The highest BCUT2D eigenvalue weighted by molar-refractivity contribution is 9.10. The lowest BCUT2D eigenvalue weighted by molar-refractivity contribution is -0.119. The van der Waals surface area contributed by atoms with Crippen molar-refractivity contribution in [3.05, 3.63) is 4.60 Å². The number of anilines is 1. The van der Waals surface area contributed by atoms with Gasteiger partial charge in [-0.15, -0.1) is 0 Å². The minimum atomic E-state index is -0.245. The average molecular weight is 252 g/mol. The van der Waals surface area contributed by atoms with Crippen LogP contribution in [0.5, 0.6) is 0 Å². The van der Waals surface area contributed by atoms with E-state index >= 15 is 0 Å². The number of hydrogen-bond acceptors (Lipinski definition) is 5. The van der Waals surface area contributed by atoms with Crippen LogP contribution in [-0.2, 0) is 9.53 Å². The molecule has 0 unspecified atom stereocenters. The number of amides is 1. The van der Waals surface area contributed by atoms with Crippen LogP contribution >= 0.6 is 27.7 Å². The summed E-state index contributed by atoms with van der Waals surface area (Å²) >= 11 is 4.15. The number of ether oxygens (including phenoxy) is 1. The van der Waals surface area contributed by atoms with Crippen molar-refractivity contribution < 1.29 is 9.53 Å². The zero-order valence-electron chi connectivity index (χ0n) is 6.20. The molecule has 7 heteroatoms. The number of nitrogens with one attached hydrogen (secondary N) is 1. The van der Waals surface area contributed by atoms with Gasteiger partial charge < -0.3 is 10.1 Å². The summed E-state index contributed by atoms with van der Waals surface area (Å²) < 4.78 is 12.8. The van der Waals surface area contributed by atoms with E-state index in [2.05, 4.69) is 34.7 Å². The predicted molar refractivity (Wildman–Crippen MR) is 48.1 cm³/mol. The second kappa shape index (κ2) is 4.48. The maximum atomic E-state index is 10.9. The maximum Gasteiger partial charge on any atom is 0.251 e. The molecule has 0 saturated carbocycles. The fourth-order valence-electron chi connectivity index (χ4n) is 0.552. The molecule has 1 aromatic rings. The molecule has 0 aromatic carbocycles. The van der Waals surface area contributed by atoms with Gasteiger partial charge in [0.15, 0.2) is 10.4 Å². The third-order valence-electron chi connectivity index (χ3n) is 0.982. The molecule has 0 aliphatic heterocycles. The number of hydrogen-bond donors (Lipinski definition) is 1. The Hall–Kier alpha value is -0.530. The highest BCUT2D eigenvalue weighted by Gasteiger charge is 2.07. The molecule has 0 saturated heterocycles. The average Bonchev–Trinajstić information content (AvgIpc) is 2.37. The van der Waals surface area contributed by atoms with Gasteiger partial charge in [0.2, 0.25) is 0 Å². The Kier molecular flexibility index (Phi) is 3.57. The summed E-state index contributed by atoms with van der Waals surface area (Å²) in [5.74, 6) is 0.188. The number of halogens is 1. The van der Waals surface area contributed by atoms with E-state index in [-0.39, 0.29) is 12.5 Å². The predicted octanol–water partition coefficient (Wildman–Crippen LogP) is 0.885. The van der Waals surface area contributed by atoms with E-state index in [9.17, 15) is 4.79 Å². The van der Waals surface area contributed by atoms with Crippen LogP contribution in [0.25, 0.3) is 0 Å². The summed E-state index contributed by atoms with van der Waals surface area (Å²) in [6, 6.07) is 0. The van der Waals surface area contributed by atoms with Crippen molar-refractivity contribution in [2.75, 3.05) is 19.0 Å². The van der Waals surface area contributed by atoms with Crippen molar-refractivity contribution in [2.24, 2.45) is 0 Å². The number of nitrogens with zero attached hydrogens (tertiary/aromatic N) is 2. The van der Waals surface area contributed by atoms with Gasteiger partial charge in [-0.1, -0.05) is 0 Å². The molecule has 1 heterocycles. The number of rotatable bonds is 3. The number of carbonyl (C=O) groups excluding carboxylic acids is 1. The minimum Gasteiger partial charge on any atom is -0.375 e. The van der Waals surface area contributed by atoms with Gasteiger partial charge in [-0.05, 0) is 15.9 Å². The van der Waals surface area contributed by atoms with Crippen LogP contribution in [0.1, 0.15) is 0 Å². The van der Waals surface area contributed by atoms with E-state index in [0.717, 1.165) is 11.7 Å². The molecule has 1 rings (SSSR count). The van der Waals surface area contributed by atoms with Crippen LogP contribution in [0.4, 0.5) is 5.82 Å². The van der Waals surface area contributed by atoms with Crippen LogP contribution in [0, 0.1) is 0 Å². The van der Waals surface area contributed by atoms with E-state index in [4.69, 9.17) is 0 Å². The molecule has 66 valence electrons. The molecule has 0 spiro atoms. The SMILES string of the molecule is COCC(=O)Nc1nsnc1Br. The Balaban J connectivity index is 2.52. The molecular weight excluding hydrogens is 246 g/mol. The van der Waals surface area contributed by atoms with Crippen molar-refractivity contribution in [3.63, 3.8) is 0 Å². The summed E-state index contributed by atoms with van der Waals surface area (Å²) in [5, 5.41) is 2.52. The molecule has 1 amide bonds. The summed E-state index contributed by atoms with van der Waals surface area (Å²) in [4.78, 5) is 10.9. The number of aromatic nitrogens is 2. The Morgan fingerprint density at radius 3 is 3.00 bits per heavy atom. The Morgan fingerprint density at radius 2 is 2.50 bits per heavy atom. The Bertz CT molecular complexity index is 277. The zero-order valence-corrected chi connectivity index (χ0v) is 8.61. The van der Waals surface area contributed by atoms with Crippen LogP contribution in [0.2, 0.25) is 0 Å². The van der Waals surface area contributed by atoms with E-state index < -0.39 is 0 Å². The third kappa shape index (κ3) is 2.50. The fourth-order valence-corrected chi connectivity index (χ4v) is 1.46. The molecule has 12 heavy (non-hydrogen) atoms. The highest BCUT2D eigenvalue weighted by atomic mass is 79.9. The number of carbonyl (C=O) groups is 1. The molecule has 0 fully saturated rings. The van der Waals surface area contributed by atoms with E-state index in [1.54, 1.807) is 0 Å². The zero-order chi connectivity index (χ0) is 8.97. The highest BCUT2D eigenvalue weighted by Crippen LogP contribution is 2.18. The van der Waals surface area contributed by atoms with Crippen molar-refractivity contribution in [3.8, 4) is 0 Å². The van der Waals surface area contributed by atoms with Gasteiger partial charge in [0.25, 0.3) is 5.91 Å². The monoisotopic (exact) mass is 251 g/mol. The van der Waals surface area contributed by atoms with Crippen LogP contribution in [0.3, 0.4) is 0 Å². The Labute approximate surface area is 81.6 Å². The first-order valence-corrected chi connectivity index (χ1v) is 4.53. The Morgan fingerprint density at radius 1 is 1.75 bits per heavy atom. The second-order valence-electron chi connectivity index (χ2n) is 1.88. The van der Waals surface area contributed by atoms with Gasteiger partial charge in [-0.25, -0.2) is 0 Å². The normalized spacial score (nSPS) is 9.83. The van der Waals surface area contributed by atoms with Gasteiger partial charge in [-0.2, -0.15) is 8.75 Å². The number of methoxy groups -OCH3 is 1. The molecule has 5 nitrogen and oxygen atoms in total. The van der Waals surface area contributed by atoms with Gasteiger partial charge in [0, 0.05) is 7.11 Å². The molecule has 0 aliphatic rings. The molecule has 0 radical (unpaired) electrons. The van der Waals surface area contributed by atoms with Crippen LogP contribution in [-0.4, -0.2) is 28.4 Å². The van der Waals surface area contributed by atoms with Gasteiger partial charge in [-0.3, -0.25) is 4.79 Å². The van der Waals surface area contributed by atoms with Gasteiger partial charge in [0.05, 0.1) is 11.7 Å². The molecule has 0 aliphatic carbocycles. The quantitative estimate of drug-likeness (QED) is 0.867.